The summed E-state index contributed by atoms with van der Waals surface area (Å²) in [6, 6.07) is 19.6. The minimum atomic E-state index is -0.181. The minimum Gasteiger partial charge on any atom is -0.321 e. The predicted octanol–water partition coefficient (Wildman–Crippen LogP) is 5.25. The topological polar surface area (TPSA) is 42.0 Å². The van der Waals surface area contributed by atoms with E-state index in [9.17, 15) is 4.79 Å². The van der Waals surface area contributed by atoms with E-state index in [-0.39, 0.29) is 5.91 Å². The van der Waals surface area contributed by atoms with Gasteiger partial charge in [0.1, 0.15) is 0 Å². The van der Waals surface area contributed by atoms with E-state index < -0.39 is 0 Å². The van der Waals surface area contributed by atoms with Crippen molar-refractivity contribution in [3.8, 4) is 0 Å². The molecule has 2 aromatic carbocycles. The van der Waals surface area contributed by atoms with Gasteiger partial charge >= 0.3 is 0 Å². The third-order valence-electron chi connectivity index (χ3n) is 3.07. The first-order valence-electron chi connectivity index (χ1n) is 6.96. The fourth-order valence-corrected chi connectivity index (χ4v) is 3.29. The first-order chi connectivity index (χ1) is 11.2. The van der Waals surface area contributed by atoms with Crippen molar-refractivity contribution in [1.29, 1.82) is 0 Å². The Kier molecular flexibility index (Phi) is 5.10. The number of amides is 1. The second-order valence-corrected chi connectivity index (χ2v) is 6.79. The molecular formula is C18H13BrN2OS. The van der Waals surface area contributed by atoms with Crippen LogP contribution in [0.3, 0.4) is 0 Å². The molecule has 0 bridgehead atoms. The fraction of sp³-hybridized carbons (Fsp3) is 0. The molecule has 3 nitrogen and oxygen atoms in total. The van der Waals surface area contributed by atoms with E-state index in [1.807, 2.05) is 54.6 Å². The Morgan fingerprint density at radius 2 is 1.74 bits per heavy atom. The molecular weight excluding hydrogens is 372 g/mol. The maximum atomic E-state index is 12.4. The van der Waals surface area contributed by atoms with Gasteiger partial charge in [-0.15, -0.1) is 0 Å². The van der Waals surface area contributed by atoms with Crippen molar-refractivity contribution >= 4 is 39.3 Å². The van der Waals surface area contributed by atoms with Gasteiger partial charge in [0.15, 0.2) is 0 Å². The van der Waals surface area contributed by atoms with Gasteiger partial charge in [-0.2, -0.15) is 0 Å². The van der Waals surface area contributed by atoms with Crippen LogP contribution in [0, 0.1) is 0 Å². The molecule has 1 N–H and O–H groups in total. The van der Waals surface area contributed by atoms with E-state index in [0.29, 0.717) is 5.56 Å². The molecule has 1 aromatic heterocycles. The van der Waals surface area contributed by atoms with Gasteiger partial charge in [0.05, 0.1) is 11.3 Å². The van der Waals surface area contributed by atoms with E-state index in [0.717, 1.165) is 20.0 Å². The number of rotatable bonds is 4. The summed E-state index contributed by atoms with van der Waals surface area (Å²) < 4.78 is 0.775. The fourth-order valence-electron chi connectivity index (χ4n) is 2.00. The van der Waals surface area contributed by atoms with Crippen molar-refractivity contribution in [3.63, 3.8) is 0 Å². The van der Waals surface area contributed by atoms with Crippen molar-refractivity contribution in [2.24, 2.45) is 0 Å². The second kappa shape index (κ2) is 7.44. The van der Waals surface area contributed by atoms with Gasteiger partial charge in [-0.3, -0.25) is 9.78 Å². The van der Waals surface area contributed by atoms with E-state index in [4.69, 9.17) is 0 Å². The summed E-state index contributed by atoms with van der Waals surface area (Å²) in [6.07, 6.45) is 3.20. The Balaban J connectivity index is 1.82. The number of anilines is 1. The predicted molar refractivity (Wildman–Crippen MR) is 96.9 cm³/mol. The number of hydrogen-bond acceptors (Lipinski definition) is 3. The lowest BCUT2D eigenvalue weighted by Crippen LogP contribution is -2.12. The van der Waals surface area contributed by atoms with Crippen LogP contribution < -0.4 is 5.32 Å². The van der Waals surface area contributed by atoms with Crippen LogP contribution in [-0.4, -0.2) is 10.9 Å². The molecule has 0 unspecified atom stereocenters. The van der Waals surface area contributed by atoms with Crippen molar-refractivity contribution < 1.29 is 4.79 Å². The summed E-state index contributed by atoms with van der Waals surface area (Å²) >= 11 is 4.94. The van der Waals surface area contributed by atoms with E-state index in [1.165, 1.54) is 0 Å². The highest BCUT2D eigenvalue weighted by Crippen LogP contribution is 2.33. The lowest BCUT2D eigenvalue weighted by Gasteiger charge is -2.10. The molecule has 23 heavy (non-hydrogen) atoms. The molecule has 0 atom stereocenters. The van der Waals surface area contributed by atoms with E-state index >= 15 is 0 Å². The normalized spacial score (nSPS) is 10.3. The second-order valence-electron chi connectivity index (χ2n) is 4.76. The molecule has 0 saturated carbocycles. The quantitative estimate of drug-likeness (QED) is 0.667. The molecule has 114 valence electrons. The number of nitrogens with one attached hydrogen (secondary N) is 1. The molecule has 0 saturated heterocycles. The highest BCUT2D eigenvalue weighted by Gasteiger charge is 2.10. The number of carbonyl (C=O) groups is 1. The number of hydrogen-bond donors (Lipinski definition) is 1. The third-order valence-corrected chi connectivity index (χ3v) is 4.59. The SMILES string of the molecule is O=C(Nc1ccccc1Sc1ccccc1)c1cncc(Br)c1. The number of benzene rings is 2. The van der Waals surface area contributed by atoms with Crippen molar-refractivity contribution in [1.82, 2.24) is 4.98 Å². The summed E-state index contributed by atoms with van der Waals surface area (Å²) in [5, 5.41) is 2.95. The largest absolute Gasteiger partial charge is 0.321 e. The zero-order chi connectivity index (χ0) is 16.1. The summed E-state index contributed by atoms with van der Waals surface area (Å²) in [5.41, 5.74) is 1.30. The summed E-state index contributed by atoms with van der Waals surface area (Å²) in [6.45, 7) is 0. The molecule has 0 aliphatic rings. The summed E-state index contributed by atoms with van der Waals surface area (Å²) in [7, 11) is 0. The maximum Gasteiger partial charge on any atom is 0.257 e. The standard InChI is InChI=1S/C18H13BrN2OS/c19-14-10-13(11-20-12-14)18(22)21-16-8-4-5-9-17(16)23-15-6-2-1-3-7-15/h1-12H,(H,21,22). The highest BCUT2D eigenvalue weighted by atomic mass is 79.9. The number of carbonyl (C=O) groups excluding carboxylic acids is 1. The van der Waals surface area contributed by atoms with Gasteiger partial charge in [0.25, 0.3) is 5.91 Å². The Morgan fingerprint density at radius 1 is 1.00 bits per heavy atom. The number of halogens is 1. The van der Waals surface area contributed by atoms with Gasteiger partial charge in [0, 0.05) is 26.7 Å². The number of nitrogens with zero attached hydrogens (tertiary/aromatic N) is 1. The minimum absolute atomic E-state index is 0.181. The van der Waals surface area contributed by atoms with Crippen molar-refractivity contribution in [2.75, 3.05) is 5.32 Å². The molecule has 0 aliphatic carbocycles. The maximum absolute atomic E-state index is 12.4. The van der Waals surface area contributed by atoms with Crippen molar-refractivity contribution in [2.45, 2.75) is 9.79 Å². The van der Waals surface area contributed by atoms with Crippen LogP contribution in [0.25, 0.3) is 0 Å². The number of pyridine rings is 1. The zero-order valence-electron chi connectivity index (χ0n) is 12.1. The summed E-state index contributed by atoms with van der Waals surface area (Å²) in [4.78, 5) is 18.5. The average molecular weight is 385 g/mol. The van der Waals surface area contributed by atoms with Gasteiger partial charge < -0.3 is 5.32 Å². The molecule has 1 heterocycles. The Labute approximate surface area is 147 Å². The lowest BCUT2D eigenvalue weighted by atomic mass is 10.2. The van der Waals surface area contributed by atoms with Crippen LogP contribution in [0.4, 0.5) is 5.69 Å². The van der Waals surface area contributed by atoms with Crippen LogP contribution >= 0.6 is 27.7 Å². The van der Waals surface area contributed by atoms with Crippen LogP contribution in [0.5, 0.6) is 0 Å². The van der Waals surface area contributed by atoms with Crippen molar-refractivity contribution in [3.05, 3.63) is 83.1 Å². The molecule has 3 aromatic rings. The molecule has 0 aliphatic heterocycles. The monoisotopic (exact) mass is 384 g/mol. The van der Waals surface area contributed by atoms with Gasteiger partial charge in [-0.05, 0) is 46.3 Å². The smallest absolute Gasteiger partial charge is 0.257 e. The molecule has 0 radical (unpaired) electrons. The average Bonchev–Trinajstić information content (AvgIpc) is 2.57. The Hall–Kier alpha value is -2.11. The first kappa shape index (κ1) is 15.8. The van der Waals surface area contributed by atoms with E-state index in [2.05, 4.69) is 26.2 Å². The van der Waals surface area contributed by atoms with Crippen LogP contribution in [0.2, 0.25) is 0 Å². The summed E-state index contributed by atoms with van der Waals surface area (Å²) in [5.74, 6) is -0.181. The van der Waals surface area contributed by atoms with Gasteiger partial charge in [-0.25, -0.2) is 0 Å². The Morgan fingerprint density at radius 3 is 2.52 bits per heavy atom. The van der Waals surface area contributed by atoms with Gasteiger partial charge in [-0.1, -0.05) is 42.1 Å². The Bertz CT molecular complexity index is 824. The van der Waals surface area contributed by atoms with E-state index in [1.54, 1.807) is 30.2 Å². The molecule has 3 rings (SSSR count). The third kappa shape index (κ3) is 4.21. The van der Waals surface area contributed by atoms with Gasteiger partial charge in [0.2, 0.25) is 0 Å². The number of aromatic nitrogens is 1. The lowest BCUT2D eigenvalue weighted by molar-refractivity contribution is 0.102. The molecule has 1 amide bonds. The van der Waals surface area contributed by atoms with Crippen LogP contribution in [-0.2, 0) is 0 Å². The molecule has 0 fully saturated rings. The number of para-hydroxylation sites is 1. The zero-order valence-corrected chi connectivity index (χ0v) is 14.5. The van der Waals surface area contributed by atoms with Crippen LogP contribution in [0.1, 0.15) is 10.4 Å². The highest BCUT2D eigenvalue weighted by molar-refractivity contribution is 9.10. The molecule has 5 heteroatoms. The van der Waals surface area contributed by atoms with Crippen LogP contribution in [0.15, 0.2) is 87.3 Å². The molecule has 0 spiro atoms. The first-order valence-corrected chi connectivity index (χ1v) is 8.57.